The summed E-state index contributed by atoms with van der Waals surface area (Å²) in [6.07, 6.45) is 0. The molecule has 8 heteroatoms. The quantitative estimate of drug-likeness (QED) is 0.352. The Balaban J connectivity index is 1.63. The number of urea groups is 1. The zero-order valence-electron chi connectivity index (χ0n) is 19.4. The molecule has 1 atom stereocenters. The van der Waals surface area contributed by atoms with Crippen molar-refractivity contribution >= 4 is 28.9 Å². The summed E-state index contributed by atoms with van der Waals surface area (Å²) >= 11 is 6.28. The number of nitrogens with zero attached hydrogens (tertiary/aromatic N) is 3. The van der Waals surface area contributed by atoms with Gasteiger partial charge >= 0.3 is 6.03 Å². The molecule has 0 saturated heterocycles. The second-order valence-corrected chi connectivity index (χ2v) is 8.70. The number of amides is 2. The molecule has 1 aliphatic heterocycles. The van der Waals surface area contributed by atoms with Crippen molar-refractivity contribution < 1.29 is 14.1 Å². The molecule has 0 saturated carbocycles. The lowest BCUT2D eigenvalue weighted by atomic mass is 9.94. The normalized spacial score (nSPS) is 15.8. The van der Waals surface area contributed by atoms with E-state index in [0.717, 1.165) is 28.1 Å². The number of carbonyl (C=O) groups excluding carboxylic acids is 1. The molecule has 5 rings (SSSR count). The number of anilines is 1. The first-order valence-corrected chi connectivity index (χ1v) is 11.4. The number of aromatic nitrogens is 2. The molecule has 0 radical (unpaired) electrons. The topological polar surface area (TPSA) is 80.5 Å². The molecule has 3 aromatic carbocycles. The highest BCUT2D eigenvalue weighted by Crippen LogP contribution is 2.39. The molecule has 1 aromatic heterocycles. The van der Waals surface area contributed by atoms with Crippen LogP contribution in [0.3, 0.4) is 0 Å². The first kappa shape index (κ1) is 22.7. The van der Waals surface area contributed by atoms with Crippen molar-refractivity contribution in [3.05, 3.63) is 101 Å². The number of hydrogen-bond donors (Lipinski definition) is 1. The van der Waals surface area contributed by atoms with Crippen molar-refractivity contribution in [3.63, 3.8) is 0 Å². The van der Waals surface area contributed by atoms with Crippen molar-refractivity contribution in [2.75, 3.05) is 12.0 Å². The Labute approximate surface area is 208 Å². The highest BCUT2D eigenvalue weighted by atomic mass is 35.5. The van der Waals surface area contributed by atoms with E-state index in [1.165, 1.54) is 0 Å². The Morgan fingerprint density at radius 1 is 1.03 bits per heavy atom. The SMILES string of the molecule is COc1ccc(-c2noc(C3=C(C)N(c4ccc(C)cc4)C(=O)NC3c3cccc(Cl)c3)n2)cc1. The monoisotopic (exact) mass is 486 g/mol. The van der Waals surface area contributed by atoms with Gasteiger partial charge in [-0.2, -0.15) is 4.98 Å². The first-order chi connectivity index (χ1) is 16.9. The Morgan fingerprint density at radius 2 is 1.77 bits per heavy atom. The van der Waals surface area contributed by atoms with E-state index in [1.54, 1.807) is 18.1 Å². The fraction of sp³-hybridized carbons (Fsp3) is 0.148. The van der Waals surface area contributed by atoms with Crippen molar-refractivity contribution in [1.82, 2.24) is 15.5 Å². The number of benzene rings is 3. The third-order valence-corrected chi connectivity index (χ3v) is 6.20. The second kappa shape index (κ2) is 9.27. The molecule has 35 heavy (non-hydrogen) atoms. The maximum atomic E-state index is 13.3. The lowest BCUT2D eigenvalue weighted by molar-refractivity contribution is 0.244. The van der Waals surface area contributed by atoms with Crippen LogP contribution in [0.5, 0.6) is 5.75 Å². The molecular formula is C27H23ClN4O3. The molecule has 0 spiro atoms. The van der Waals surface area contributed by atoms with Gasteiger partial charge in [0, 0.05) is 16.3 Å². The molecule has 0 fully saturated rings. The minimum atomic E-state index is -0.521. The van der Waals surface area contributed by atoms with E-state index in [4.69, 9.17) is 20.9 Å². The summed E-state index contributed by atoms with van der Waals surface area (Å²) in [5, 5.41) is 7.87. The third-order valence-electron chi connectivity index (χ3n) is 5.96. The minimum absolute atomic E-state index is 0.255. The van der Waals surface area contributed by atoms with Crippen LogP contribution in [0.2, 0.25) is 5.02 Å². The number of rotatable bonds is 5. The second-order valence-electron chi connectivity index (χ2n) is 8.26. The van der Waals surface area contributed by atoms with Crippen LogP contribution >= 0.6 is 11.6 Å². The number of methoxy groups -OCH3 is 1. The molecule has 7 nitrogen and oxygen atoms in total. The van der Waals surface area contributed by atoms with Crippen LogP contribution in [0.1, 0.15) is 30.0 Å². The average Bonchev–Trinajstić information content (AvgIpc) is 3.34. The third kappa shape index (κ3) is 4.38. The van der Waals surface area contributed by atoms with Crippen molar-refractivity contribution in [2.45, 2.75) is 19.9 Å². The van der Waals surface area contributed by atoms with Gasteiger partial charge in [-0.25, -0.2) is 4.79 Å². The first-order valence-electron chi connectivity index (χ1n) is 11.1. The van der Waals surface area contributed by atoms with Crippen LogP contribution in [-0.4, -0.2) is 23.3 Å². The summed E-state index contributed by atoms with van der Waals surface area (Å²) in [5.41, 5.74) is 4.82. The number of halogens is 1. The lowest BCUT2D eigenvalue weighted by Gasteiger charge is -2.35. The van der Waals surface area contributed by atoms with Gasteiger partial charge in [-0.15, -0.1) is 0 Å². The van der Waals surface area contributed by atoms with E-state index < -0.39 is 6.04 Å². The Bertz CT molecular complexity index is 1410. The zero-order valence-corrected chi connectivity index (χ0v) is 20.2. The number of nitrogens with one attached hydrogen (secondary N) is 1. The molecule has 0 bridgehead atoms. The van der Waals surface area contributed by atoms with E-state index in [0.29, 0.717) is 28.0 Å². The van der Waals surface area contributed by atoms with Gasteiger partial charge in [0.2, 0.25) is 5.82 Å². The summed E-state index contributed by atoms with van der Waals surface area (Å²) in [5.74, 6) is 1.49. The summed E-state index contributed by atoms with van der Waals surface area (Å²) in [6, 6.07) is 21.7. The summed E-state index contributed by atoms with van der Waals surface area (Å²) < 4.78 is 11.0. The number of ether oxygens (including phenoxy) is 1. The Morgan fingerprint density at radius 3 is 2.46 bits per heavy atom. The maximum Gasteiger partial charge on any atom is 0.326 e. The molecule has 0 aliphatic carbocycles. The van der Waals surface area contributed by atoms with Gasteiger partial charge in [0.1, 0.15) is 5.75 Å². The predicted octanol–water partition coefficient (Wildman–Crippen LogP) is 6.41. The molecule has 176 valence electrons. The molecule has 2 heterocycles. The predicted molar refractivity (Wildman–Crippen MR) is 135 cm³/mol. The van der Waals surface area contributed by atoms with Crippen LogP contribution in [0.4, 0.5) is 10.5 Å². The van der Waals surface area contributed by atoms with Crippen LogP contribution in [-0.2, 0) is 0 Å². The number of carbonyl (C=O) groups is 1. The largest absolute Gasteiger partial charge is 0.497 e. The minimum Gasteiger partial charge on any atom is -0.497 e. The summed E-state index contributed by atoms with van der Waals surface area (Å²) in [7, 11) is 1.61. The van der Waals surface area contributed by atoms with E-state index in [1.807, 2.05) is 80.6 Å². The average molecular weight is 487 g/mol. The molecule has 1 aliphatic rings. The van der Waals surface area contributed by atoms with Crippen molar-refractivity contribution in [2.24, 2.45) is 0 Å². The standard InChI is InChI=1S/C27H23ClN4O3/c1-16-7-11-21(12-8-16)32-17(2)23(24(29-27(32)33)19-5-4-6-20(28)15-19)26-30-25(31-35-26)18-9-13-22(34-3)14-10-18/h4-15,24H,1-3H3,(H,29,33). The Kier molecular flexibility index (Phi) is 6.01. The van der Waals surface area contributed by atoms with Crippen molar-refractivity contribution in [1.29, 1.82) is 0 Å². The molecular weight excluding hydrogens is 464 g/mol. The highest BCUT2D eigenvalue weighted by Gasteiger charge is 2.36. The van der Waals surface area contributed by atoms with Gasteiger partial charge < -0.3 is 14.6 Å². The maximum absolute atomic E-state index is 13.3. The van der Waals surface area contributed by atoms with E-state index >= 15 is 0 Å². The van der Waals surface area contributed by atoms with Gasteiger partial charge in [0.05, 0.1) is 24.4 Å². The van der Waals surface area contributed by atoms with Gasteiger partial charge in [0.15, 0.2) is 0 Å². The van der Waals surface area contributed by atoms with Crippen LogP contribution < -0.4 is 15.0 Å². The smallest absolute Gasteiger partial charge is 0.326 e. The molecule has 2 amide bonds. The highest BCUT2D eigenvalue weighted by molar-refractivity contribution is 6.30. The Hall–Kier alpha value is -4.10. The zero-order chi connectivity index (χ0) is 24.5. The van der Waals surface area contributed by atoms with Gasteiger partial charge in [0.25, 0.3) is 5.89 Å². The fourth-order valence-corrected chi connectivity index (χ4v) is 4.35. The molecule has 1 unspecified atom stereocenters. The van der Waals surface area contributed by atoms with Crippen LogP contribution in [0.25, 0.3) is 17.0 Å². The molecule has 4 aromatic rings. The fourth-order valence-electron chi connectivity index (χ4n) is 4.15. The summed E-state index contributed by atoms with van der Waals surface area (Å²) in [6.45, 7) is 3.88. The van der Waals surface area contributed by atoms with E-state index in [9.17, 15) is 4.79 Å². The van der Waals surface area contributed by atoms with E-state index in [2.05, 4.69) is 15.5 Å². The number of hydrogen-bond acceptors (Lipinski definition) is 5. The van der Waals surface area contributed by atoms with E-state index in [-0.39, 0.29) is 6.03 Å². The number of allylic oxidation sites excluding steroid dienone is 1. The van der Waals surface area contributed by atoms with Crippen LogP contribution in [0.15, 0.2) is 83.0 Å². The molecule has 1 N–H and O–H groups in total. The van der Waals surface area contributed by atoms with Crippen molar-refractivity contribution in [3.8, 4) is 17.1 Å². The number of aryl methyl sites for hydroxylation is 1. The van der Waals surface area contributed by atoms with Gasteiger partial charge in [-0.3, -0.25) is 4.90 Å². The summed E-state index contributed by atoms with van der Waals surface area (Å²) in [4.78, 5) is 19.6. The van der Waals surface area contributed by atoms with Crippen LogP contribution in [0, 0.1) is 6.92 Å². The lowest BCUT2D eigenvalue weighted by Crippen LogP contribution is -2.46. The van der Waals surface area contributed by atoms with Gasteiger partial charge in [-0.1, -0.05) is 46.6 Å². The van der Waals surface area contributed by atoms with Gasteiger partial charge in [-0.05, 0) is 67.9 Å².